The van der Waals surface area contributed by atoms with Crippen molar-refractivity contribution in [3.8, 4) is 5.75 Å². The number of nitrogens with one attached hydrogen (secondary N) is 1. The van der Waals surface area contributed by atoms with Crippen LogP contribution in [0.2, 0.25) is 0 Å². The summed E-state index contributed by atoms with van der Waals surface area (Å²) < 4.78 is 34.5. The topological polar surface area (TPSA) is 71.3 Å². The van der Waals surface area contributed by atoms with E-state index in [1.54, 1.807) is 48.5 Å². The third-order valence-electron chi connectivity index (χ3n) is 6.46. The lowest BCUT2D eigenvalue weighted by molar-refractivity contribution is -0.930. The van der Waals surface area contributed by atoms with Gasteiger partial charge in [-0.15, -0.1) is 0 Å². The number of quaternary nitrogens is 1. The average Bonchev–Trinajstić information content (AvgIpc) is 2.93. The molecule has 0 unspecified atom stereocenters. The highest BCUT2D eigenvalue weighted by Crippen LogP contribution is 2.32. The number of aliphatic hydroxyl groups is 1. The molecule has 38 heavy (non-hydrogen) atoms. The Hall–Kier alpha value is -3.65. The lowest BCUT2D eigenvalue weighted by atomic mass is 10.1. The van der Waals surface area contributed by atoms with Crippen LogP contribution in [0.3, 0.4) is 0 Å². The fourth-order valence-electron chi connectivity index (χ4n) is 4.56. The summed E-state index contributed by atoms with van der Waals surface area (Å²) in [6.07, 6.45) is -0.928. The van der Waals surface area contributed by atoms with Crippen molar-refractivity contribution in [3.63, 3.8) is 0 Å². The molecule has 0 aromatic heterocycles. The Balaban J connectivity index is 1.63. The first-order valence-corrected chi connectivity index (χ1v) is 14.1. The molecule has 0 spiro atoms. The molecule has 2 N–H and O–H groups in total. The molecule has 0 aliphatic carbocycles. The SMILES string of the molecule is COc1ccccc1N(C[C@H](O)C[NH+](Cc1ccccc1)Cc1ccccc1)S(=O)(=O)c1ccc(C)cc1. The van der Waals surface area contributed by atoms with Crippen LogP contribution in [-0.4, -0.2) is 39.8 Å². The van der Waals surface area contributed by atoms with Crippen molar-refractivity contribution < 1.29 is 23.2 Å². The lowest BCUT2D eigenvalue weighted by Gasteiger charge is -2.29. The van der Waals surface area contributed by atoms with Crippen molar-refractivity contribution >= 4 is 15.7 Å². The summed E-state index contributed by atoms with van der Waals surface area (Å²) in [7, 11) is -2.46. The summed E-state index contributed by atoms with van der Waals surface area (Å²) in [6, 6.07) is 34.0. The number of anilines is 1. The molecule has 1 atom stereocenters. The summed E-state index contributed by atoms with van der Waals surface area (Å²) in [5.74, 6) is 0.424. The van der Waals surface area contributed by atoms with Crippen LogP contribution in [-0.2, 0) is 23.1 Å². The molecule has 0 heterocycles. The number of aryl methyl sites for hydroxylation is 1. The number of ether oxygens (including phenoxy) is 1. The molecule has 7 heteroatoms. The number of rotatable bonds is 12. The molecule has 4 aromatic rings. The third-order valence-corrected chi connectivity index (χ3v) is 8.25. The molecule has 0 saturated carbocycles. The van der Waals surface area contributed by atoms with Crippen molar-refractivity contribution in [2.45, 2.75) is 31.0 Å². The van der Waals surface area contributed by atoms with Crippen LogP contribution in [0.5, 0.6) is 5.75 Å². The van der Waals surface area contributed by atoms with Crippen molar-refractivity contribution in [1.29, 1.82) is 0 Å². The molecule has 4 aromatic carbocycles. The van der Waals surface area contributed by atoms with Gasteiger partial charge in [-0.3, -0.25) is 4.31 Å². The molecule has 6 nitrogen and oxygen atoms in total. The van der Waals surface area contributed by atoms with Crippen molar-refractivity contribution in [2.75, 3.05) is 24.5 Å². The van der Waals surface area contributed by atoms with Gasteiger partial charge in [0.15, 0.2) is 0 Å². The van der Waals surface area contributed by atoms with Gasteiger partial charge < -0.3 is 14.7 Å². The molecule has 0 saturated heterocycles. The van der Waals surface area contributed by atoms with E-state index in [0.29, 0.717) is 31.1 Å². The van der Waals surface area contributed by atoms with Gasteiger partial charge in [0, 0.05) is 11.1 Å². The highest BCUT2D eigenvalue weighted by atomic mass is 32.2. The number of nitrogens with zero attached hydrogens (tertiary/aromatic N) is 1. The van der Waals surface area contributed by atoms with Gasteiger partial charge in [-0.25, -0.2) is 8.42 Å². The Morgan fingerprint density at radius 3 is 1.87 bits per heavy atom. The fourth-order valence-corrected chi connectivity index (χ4v) is 6.08. The Bertz CT molecular complexity index is 1350. The van der Waals surface area contributed by atoms with Crippen molar-refractivity contribution in [1.82, 2.24) is 0 Å². The predicted octanol–water partition coefficient (Wildman–Crippen LogP) is 3.85. The first-order valence-electron chi connectivity index (χ1n) is 12.7. The molecule has 0 aliphatic heterocycles. The number of sulfonamides is 1. The molecular weight excluding hydrogens is 496 g/mol. The van der Waals surface area contributed by atoms with E-state index in [2.05, 4.69) is 24.3 Å². The molecule has 0 fully saturated rings. The maximum absolute atomic E-state index is 13.9. The largest absolute Gasteiger partial charge is 0.495 e. The normalized spacial score (nSPS) is 12.3. The van der Waals surface area contributed by atoms with Crippen LogP contribution >= 0.6 is 0 Å². The van der Waals surface area contributed by atoms with Gasteiger partial charge in [-0.05, 0) is 31.2 Å². The molecule has 0 radical (unpaired) electrons. The van der Waals surface area contributed by atoms with E-state index in [4.69, 9.17) is 4.74 Å². The van der Waals surface area contributed by atoms with Gasteiger partial charge in [0.05, 0.1) is 24.2 Å². The number of hydrogen-bond donors (Lipinski definition) is 2. The molecule has 0 aliphatic rings. The van der Waals surface area contributed by atoms with Gasteiger partial charge in [0.2, 0.25) is 0 Å². The van der Waals surface area contributed by atoms with Gasteiger partial charge >= 0.3 is 0 Å². The van der Waals surface area contributed by atoms with Gasteiger partial charge in [0.1, 0.15) is 31.5 Å². The smallest absolute Gasteiger partial charge is 0.264 e. The van der Waals surface area contributed by atoms with Gasteiger partial charge in [-0.2, -0.15) is 0 Å². The van der Waals surface area contributed by atoms with Crippen LogP contribution in [0.25, 0.3) is 0 Å². The first kappa shape index (κ1) is 27.4. The number of methoxy groups -OCH3 is 1. The summed E-state index contributed by atoms with van der Waals surface area (Å²) in [5.41, 5.74) is 3.66. The minimum Gasteiger partial charge on any atom is -0.495 e. The van der Waals surface area contributed by atoms with E-state index in [0.717, 1.165) is 21.6 Å². The van der Waals surface area contributed by atoms with E-state index >= 15 is 0 Å². The zero-order valence-electron chi connectivity index (χ0n) is 21.8. The molecular formula is C31H35N2O4S+. The Kier molecular flexibility index (Phi) is 9.18. The summed E-state index contributed by atoms with van der Waals surface area (Å²) in [5, 5.41) is 11.4. The lowest BCUT2D eigenvalue weighted by Crippen LogP contribution is -3.10. The monoisotopic (exact) mass is 531 g/mol. The zero-order chi connectivity index (χ0) is 27.0. The molecule has 0 amide bonds. The van der Waals surface area contributed by atoms with Crippen molar-refractivity contribution in [2.24, 2.45) is 0 Å². The molecule has 0 bridgehead atoms. The van der Waals surface area contributed by atoms with Gasteiger partial charge in [0.25, 0.3) is 10.0 Å². The van der Waals surface area contributed by atoms with Crippen LogP contribution < -0.4 is 13.9 Å². The maximum Gasteiger partial charge on any atom is 0.264 e. The highest BCUT2D eigenvalue weighted by molar-refractivity contribution is 7.92. The van der Waals surface area contributed by atoms with Crippen LogP contribution in [0.1, 0.15) is 16.7 Å². The highest BCUT2D eigenvalue weighted by Gasteiger charge is 2.30. The summed E-state index contributed by atoms with van der Waals surface area (Å²) in [4.78, 5) is 1.29. The third kappa shape index (κ3) is 7.01. The molecule has 198 valence electrons. The van der Waals surface area contributed by atoms with Crippen LogP contribution in [0.15, 0.2) is 114 Å². The van der Waals surface area contributed by atoms with E-state index in [1.165, 1.54) is 11.4 Å². The Morgan fingerprint density at radius 2 is 1.32 bits per heavy atom. The van der Waals surface area contributed by atoms with E-state index in [9.17, 15) is 13.5 Å². The van der Waals surface area contributed by atoms with Crippen molar-refractivity contribution in [3.05, 3.63) is 126 Å². The summed E-state index contributed by atoms with van der Waals surface area (Å²) >= 11 is 0. The number of hydrogen-bond acceptors (Lipinski definition) is 4. The average molecular weight is 532 g/mol. The Labute approximate surface area is 225 Å². The first-order chi connectivity index (χ1) is 18.4. The quantitative estimate of drug-likeness (QED) is 0.291. The fraction of sp³-hybridized carbons (Fsp3) is 0.226. The van der Waals surface area contributed by atoms with E-state index in [-0.39, 0.29) is 11.4 Å². The Morgan fingerprint density at radius 1 is 0.789 bits per heavy atom. The second kappa shape index (κ2) is 12.7. The van der Waals surface area contributed by atoms with Crippen LogP contribution in [0, 0.1) is 6.92 Å². The predicted molar refractivity (Wildman–Crippen MR) is 151 cm³/mol. The second-order valence-electron chi connectivity index (χ2n) is 9.45. The standard InChI is InChI=1S/C31H34N2O4S/c1-25-17-19-29(20-18-25)38(35,36)33(30-15-9-10-16-31(30)37-2)24-28(34)23-32(21-26-11-5-3-6-12-26)22-27-13-7-4-8-14-27/h3-20,28,34H,21-24H2,1-2H3/p+1/t28-/m1/s1. The number of benzene rings is 4. The summed E-state index contributed by atoms with van der Waals surface area (Å²) in [6.45, 7) is 3.57. The van der Waals surface area contributed by atoms with E-state index < -0.39 is 16.1 Å². The minimum absolute atomic E-state index is 0.107. The van der Waals surface area contributed by atoms with Gasteiger partial charge in [-0.1, -0.05) is 90.5 Å². The second-order valence-corrected chi connectivity index (χ2v) is 11.3. The van der Waals surface area contributed by atoms with E-state index in [1.807, 2.05) is 43.3 Å². The number of para-hydroxylation sites is 2. The maximum atomic E-state index is 13.9. The molecule has 4 rings (SSSR count). The van der Waals surface area contributed by atoms with Crippen LogP contribution in [0.4, 0.5) is 5.69 Å². The zero-order valence-corrected chi connectivity index (χ0v) is 22.6. The minimum atomic E-state index is -3.97. The number of aliphatic hydroxyl groups excluding tert-OH is 1.